The number of nitrogens with zero attached hydrogens (tertiary/aromatic N) is 2. The Bertz CT molecular complexity index is 631. The normalized spacial score (nSPS) is 10.3. The number of hydrogen-bond acceptors (Lipinski definition) is 1. The fourth-order valence-corrected chi connectivity index (χ4v) is 2.06. The number of benzene rings is 1. The minimum absolute atomic E-state index is 0.892. The van der Waals surface area contributed by atoms with Crippen LogP contribution >= 0.6 is 0 Å². The Hall–Kier alpha value is -2.48. The zero-order chi connectivity index (χ0) is 12.9. The molecule has 3 rings (SSSR count). The van der Waals surface area contributed by atoms with E-state index in [0.717, 1.165) is 17.8 Å². The summed E-state index contributed by atoms with van der Waals surface area (Å²) in [5.41, 5.74) is 3.46. The highest BCUT2D eigenvalue weighted by Crippen LogP contribution is 2.13. The molecule has 0 amide bonds. The molecule has 3 aromatic rings. The van der Waals surface area contributed by atoms with E-state index in [1.165, 1.54) is 5.56 Å². The predicted molar refractivity (Wildman–Crippen MR) is 75.4 cm³/mol. The Balaban J connectivity index is 1.80. The van der Waals surface area contributed by atoms with Crippen molar-refractivity contribution in [2.75, 3.05) is 0 Å². The van der Waals surface area contributed by atoms with Crippen LogP contribution in [-0.2, 0) is 6.54 Å². The maximum atomic E-state index is 4.35. The van der Waals surface area contributed by atoms with Gasteiger partial charge in [-0.05, 0) is 12.1 Å². The van der Waals surface area contributed by atoms with Gasteiger partial charge in [0, 0.05) is 29.5 Å². The zero-order valence-corrected chi connectivity index (χ0v) is 10.6. The van der Waals surface area contributed by atoms with Gasteiger partial charge in [-0.3, -0.25) is 4.98 Å². The predicted octanol–water partition coefficient (Wildman–Crippen LogP) is 3.08. The van der Waals surface area contributed by atoms with Gasteiger partial charge >= 0.3 is 0 Å². The second-order valence-corrected chi connectivity index (χ2v) is 4.46. The largest absolute Gasteiger partial charge is 0.256 e. The summed E-state index contributed by atoms with van der Waals surface area (Å²) < 4.78 is 2.17. The zero-order valence-electron chi connectivity index (χ0n) is 10.6. The molecule has 2 nitrogen and oxygen atoms in total. The molecule has 19 heavy (non-hydrogen) atoms. The Morgan fingerprint density at radius 3 is 2.21 bits per heavy atom. The number of hydrogen-bond donors (Lipinski definition) is 0. The van der Waals surface area contributed by atoms with Crippen LogP contribution in [0.4, 0.5) is 0 Å². The second kappa shape index (κ2) is 5.44. The molecule has 0 atom stereocenters. The quantitative estimate of drug-likeness (QED) is 0.650. The molecule has 0 bridgehead atoms. The smallest absolute Gasteiger partial charge is 0.173 e. The van der Waals surface area contributed by atoms with Gasteiger partial charge in [0.2, 0.25) is 0 Å². The molecule has 0 aliphatic heterocycles. The summed E-state index contributed by atoms with van der Waals surface area (Å²) in [5.74, 6) is 0. The van der Waals surface area contributed by atoms with E-state index in [-0.39, 0.29) is 0 Å². The van der Waals surface area contributed by atoms with Crippen LogP contribution in [0.2, 0.25) is 0 Å². The Morgan fingerprint density at radius 2 is 1.53 bits per heavy atom. The van der Waals surface area contributed by atoms with Gasteiger partial charge in [-0.1, -0.05) is 36.4 Å². The highest BCUT2D eigenvalue weighted by atomic mass is 14.9. The second-order valence-electron chi connectivity index (χ2n) is 4.46. The summed E-state index contributed by atoms with van der Waals surface area (Å²) in [6.07, 6.45) is 6.01. The van der Waals surface area contributed by atoms with Crippen molar-refractivity contribution in [1.29, 1.82) is 0 Å². The third kappa shape index (κ3) is 2.86. The fraction of sp³-hybridized carbons (Fsp3) is 0.0588. The third-order valence-electron chi connectivity index (χ3n) is 3.06. The summed E-state index contributed by atoms with van der Waals surface area (Å²) in [6, 6.07) is 20.6. The van der Waals surface area contributed by atoms with Crippen LogP contribution in [-0.4, -0.2) is 4.98 Å². The van der Waals surface area contributed by atoms with Gasteiger partial charge in [-0.2, -0.15) is 0 Å². The average Bonchev–Trinajstić information content (AvgIpc) is 2.50. The van der Waals surface area contributed by atoms with Crippen LogP contribution in [0.15, 0.2) is 79.3 Å². The highest BCUT2D eigenvalue weighted by Gasteiger charge is 2.04. The molecule has 0 aliphatic rings. The van der Waals surface area contributed by atoms with E-state index in [2.05, 4.69) is 58.3 Å². The monoisotopic (exact) mass is 247 g/mol. The lowest BCUT2D eigenvalue weighted by molar-refractivity contribution is -0.688. The summed E-state index contributed by atoms with van der Waals surface area (Å²) >= 11 is 0. The molecule has 92 valence electrons. The van der Waals surface area contributed by atoms with E-state index in [0.29, 0.717) is 0 Å². The molecule has 0 radical (unpaired) electrons. The topological polar surface area (TPSA) is 16.8 Å². The molecule has 0 spiro atoms. The number of aromatic nitrogens is 2. The van der Waals surface area contributed by atoms with Gasteiger partial charge < -0.3 is 0 Å². The van der Waals surface area contributed by atoms with Crippen molar-refractivity contribution in [1.82, 2.24) is 4.98 Å². The van der Waals surface area contributed by atoms with Crippen LogP contribution < -0.4 is 4.57 Å². The van der Waals surface area contributed by atoms with E-state index in [9.17, 15) is 0 Å². The molecule has 0 fully saturated rings. The van der Waals surface area contributed by atoms with Gasteiger partial charge in [-0.15, -0.1) is 0 Å². The molecule has 0 N–H and O–H groups in total. The maximum absolute atomic E-state index is 4.35. The summed E-state index contributed by atoms with van der Waals surface area (Å²) in [4.78, 5) is 4.35. The lowest BCUT2D eigenvalue weighted by atomic mass is 10.2. The minimum atomic E-state index is 0.892. The first-order valence-electron chi connectivity index (χ1n) is 6.36. The molecule has 0 unspecified atom stereocenters. The summed E-state index contributed by atoms with van der Waals surface area (Å²) in [6.45, 7) is 0.892. The van der Waals surface area contributed by atoms with E-state index in [1.807, 2.05) is 30.5 Å². The lowest BCUT2D eigenvalue weighted by Gasteiger charge is -2.00. The molecular weight excluding hydrogens is 232 g/mol. The standard InChI is InChI=1S/C17H15N2/c1-2-6-15(7-3-1)14-19-12-9-16(10-13-19)17-8-4-5-11-18-17/h1-13H,14H2/q+1. The van der Waals surface area contributed by atoms with Crippen LogP contribution in [0.1, 0.15) is 5.56 Å². The molecule has 0 aliphatic carbocycles. The average molecular weight is 247 g/mol. The molecule has 0 saturated carbocycles. The van der Waals surface area contributed by atoms with E-state index in [4.69, 9.17) is 0 Å². The Kier molecular flexibility index (Phi) is 3.32. The van der Waals surface area contributed by atoms with Crippen LogP contribution in [0, 0.1) is 0 Å². The number of pyridine rings is 2. The van der Waals surface area contributed by atoms with Crippen LogP contribution in [0.25, 0.3) is 11.3 Å². The van der Waals surface area contributed by atoms with E-state index < -0.39 is 0 Å². The van der Waals surface area contributed by atoms with Gasteiger partial charge in [0.25, 0.3) is 0 Å². The van der Waals surface area contributed by atoms with Crippen molar-refractivity contribution >= 4 is 0 Å². The summed E-state index contributed by atoms with van der Waals surface area (Å²) in [7, 11) is 0. The molecule has 2 heterocycles. The minimum Gasteiger partial charge on any atom is -0.256 e. The van der Waals surface area contributed by atoms with Crippen molar-refractivity contribution in [2.24, 2.45) is 0 Å². The molecule has 0 saturated heterocycles. The molecule has 2 heteroatoms. The number of rotatable bonds is 3. The van der Waals surface area contributed by atoms with Crippen molar-refractivity contribution in [2.45, 2.75) is 6.54 Å². The highest BCUT2D eigenvalue weighted by molar-refractivity contribution is 5.57. The van der Waals surface area contributed by atoms with Gasteiger partial charge in [0.1, 0.15) is 0 Å². The van der Waals surface area contributed by atoms with Crippen molar-refractivity contribution in [3.8, 4) is 11.3 Å². The molecule has 2 aromatic heterocycles. The van der Waals surface area contributed by atoms with Gasteiger partial charge in [0.15, 0.2) is 18.9 Å². The first-order valence-corrected chi connectivity index (χ1v) is 6.36. The summed E-state index contributed by atoms with van der Waals surface area (Å²) in [5, 5.41) is 0. The lowest BCUT2D eigenvalue weighted by Crippen LogP contribution is -2.32. The van der Waals surface area contributed by atoms with Crippen LogP contribution in [0.3, 0.4) is 0 Å². The first-order chi connectivity index (χ1) is 9.42. The Labute approximate surface area is 113 Å². The first kappa shape index (κ1) is 11.6. The fourth-order valence-electron chi connectivity index (χ4n) is 2.06. The molecular formula is C17H15N2+. The van der Waals surface area contributed by atoms with Crippen molar-refractivity contribution in [3.63, 3.8) is 0 Å². The van der Waals surface area contributed by atoms with E-state index in [1.54, 1.807) is 0 Å². The SMILES string of the molecule is c1ccc(C[n+]2ccc(-c3ccccn3)cc2)cc1. The van der Waals surface area contributed by atoms with E-state index >= 15 is 0 Å². The Morgan fingerprint density at radius 1 is 0.789 bits per heavy atom. The van der Waals surface area contributed by atoms with Crippen LogP contribution in [0.5, 0.6) is 0 Å². The van der Waals surface area contributed by atoms with Gasteiger partial charge in [0.05, 0.1) is 5.69 Å². The van der Waals surface area contributed by atoms with Gasteiger partial charge in [-0.25, -0.2) is 4.57 Å². The maximum Gasteiger partial charge on any atom is 0.173 e. The molecule has 1 aromatic carbocycles. The van der Waals surface area contributed by atoms with Crippen molar-refractivity contribution in [3.05, 3.63) is 84.8 Å². The van der Waals surface area contributed by atoms with Crippen molar-refractivity contribution < 1.29 is 4.57 Å². The third-order valence-corrected chi connectivity index (χ3v) is 3.06.